The maximum absolute atomic E-state index is 6.36. The van der Waals surface area contributed by atoms with Crippen LogP contribution in [0.5, 0.6) is 0 Å². The van der Waals surface area contributed by atoms with E-state index in [1.807, 2.05) is 0 Å². The minimum absolute atomic E-state index is 0.256. The highest BCUT2D eigenvalue weighted by Gasteiger charge is 2.32. The summed E-state index contributed by atoms with van der Waals surface area (Å²) in [7, 11) is 13.5. The van der Waals surface area contributed by atoms with Crippen molar-refractivity contribution >= 4 is 0 Å². The largest absolute Gasteiger partial charge is 0.381 e. The second-order valence-electron chi connectivity index (χ2n) is 15.4. The minimum atomic E-state index is -0.256. The van der Waals surface area contributed by atoms with Crippen LogP contribution in [0.3, 0.4) is 0 Å². The highest BCUT2D eigenvalue weighted by molar-refractivity contribution is 4.79. The van der Waals surface area contributed by atoms with Gasteiger partial charge in [-0.3, -0.25) is 0 Å². The van der Waals surface area contributed by atoms with Crippen LogP contribution in [0.2, 0.25) is 0 Å². The van der Waals surface area contributed by atoms with Gasteiger partial charge < -0.3 is 27.9 Å². The van der Waals surface area contributed by atoms with Crippen molar-refractivity contribution in [3.63, 3.8) is 0 Å². The van der Waals surface area contributed by atoms with Crippen LogP contribution in [0, 0.1) is 5.41 Å². The Labute approximate surface area is 270 Å². The summed E-state index contributed by atoms with van der Waals surface area (Å²) in [6, 6.07) is 0. The maximum atomic E-state index is 6.36. The Kier molecular flexibility index (Phi) is 27.9. The molecule has 260 valence electrons. The second-order valence-corrected chi connectivity index (χ2v) is 15.4. The van der Waals surface area contributed by atoms with Gasteiger partial charge in [0.2, 0.25) is 0 Å². The van der Waals surface area contributed by atoms with Crippen molar-refractivity contribution in [1.82, 2.24) is 0 Å². The Morgan fingerprint density at radius 1 is 0.349 bits per heavy atom. The van der Waals surface area contributed by atoms with Gasteiger partial charge in [0.1, 0.15) is 0 Å². The molecule has 43 heavy (non-hydrogen) atoms. The first-order valence-electron chi connectivity index (χ1n) is 18.5. The summed E-state index contributed by atoms with van der Waals surface area (Å²) >= 11 is 0. The van der Waals surface area contributed by atoms with E-state index in [1.54, 1.807) is 0 Å². The molecule has 6 heteroatoms. The van der Waals surface area contributed by atoms with E-state index in [0.29, 0.717) is 26.4 Å². The van der Waals surface area contributed by atoms with Crippen molar-refractivity contribution in [1.29, 1.82) is 0 Å². The van der Waals surface area contributed by atoms with E-state index in [9.17, 15) is 0 Å². The molecule has 0 amide bonds. The molecule has 0 rings (SSSR count). The Bertz CT molecular complexity index is 524. The number of ether oxygens (including phenoxy) is 4. The van der Waals surface area contributed by atoms with Crippen LogP contribution in [-0.2, 0) is 18.9 Å². The van der Waals surface area contributed by atoms with Gasteiger partial charge >= 0.3 is 0 Å². The molecule has 0 N–H and O–H groups in total. The summed E-state index contributed by atoms with van der Waals surface area (Å²) in [5.74, 6) is 0. The number of nitrogens with zero attached hydrogens (tertiary/aromatic N) is 2. The smallest absolute Gasteiger partial charge is 0.0802 e. The molecule has 0 unspecified atom stereocenters. The van der Waals surface area contributed by atoms with E-state index in [2.05, 4.69) is 56.1 Å². The zero-order valence-corrected chi connectivity index (χ0v) is 30.8. The van der Waals surface area contributed by atoms with E-state index < -0.39 is 0 Å². The van der Waals surface area contributed by atoms with Gasteiger partial charge in [0.25, 0.3) is 0 Å². The lowest BCUT2D eigenvalue weighted by Gasteiger charge is -2.33. The molecule has 0 heterocycles. The van der Waals surface area contributed by atoms with Crippen LogP contribution in [0.25, 0.3) is 0 Å². The highest BCUT2D eigenvalue weighted by atomic mass is 16.5. The fourth-order valence-corrected chi connectivity index (χ4v) is 5.36. The summed E-state index contributed by atoms with van der Waals surface area (Å²) in [6.07, 6.45) is 23.2. The Morgan fingerprint density at radius 3 is 0.884 bits per heavy atom. The molecular formula is C37H80N2O4+2. The number of rotatable bonds is 34. The topological polar surface area (TPSA) is 36.9 Å². The van der Waals surface area contributed by atoms with E-state index >= 15 is 0 Å². The first kappa shape index (κ1) is 42.8. The normalized spacial score (nSPS) is 12.8. The summed E-state index contributed by atoms with van der Waals surface area (Å²) in [5, 5.41) is 0. The molecule has 6 nitrogen and oxygen atoms in total. The molecule has 0 aromatic heterocycles. The zero-order valence-electron chi connectivity index (χ0n) is 30.8. The molecule has 0 radical (unpaired) electrons. The number of quaternary nitrogens is 2. The molecular weight excluding hydrogens is 536 g/mol. The lowest BCUT2D eigenvalue weighted by atomic mass is 9.92. The predicted octanol–water partition coefficient (Wildman–Crippen LogP) is 8.51. The van der Waals surface area contributed by atoms with Crippen molar-refractivity contribution in [3.8, 4) is 0 Å². The lowest BCUT2D eigenvalue weighted by molar-refractivity contribution is -0.870. The third-order valence-corrected chi connectivity index (χ3v) is 8.15. The first-order valence-corrected chi connectivity index (χ1v) is 18.5. The van der Waals surface area contributed by atoms with Gasteiger partial charge in [-0.05, 0) is 12.8 Å². The number of hydrogen-bond acceptors (Lipinski definition) is 4. The Balaban J connectivity index is 4.90. The third-order valence-electron chi connectivity index (χ3n) is 8.15. The second kappa shape index (κ2) is 28.0. The maximum Gasteiger partial charge on any atom is 0.0802 e. The van der Waals surface area contributed by atoms with Crippen molar-refractivity contribution in [2.24, 2.45) is 5.41 Å². The fraction of sp³-hybridized carbons (Fsp3) is 1.00. The summed E-state index contributed by atoms with van der Waals surface area (Å²) < 4.78 is 27.3. The van der Waals surface area contributed by atoms with Crippen molar-refractivity contribution in [2.75, 3.05) is 108 Å². The molecule has 0 bridgehead atoms. The zero-order chi connectivity index (χ0) is 32.1. The number of unbranched alkanes of at least 4 members (excludes halogenated alkanes) is 14. The third kappa shape index (κ3) is 31.5. The molecule has 0 aliphatic rings. The van der Waals surface area contributed by atoms with Crippen LogP contribution in [0.1, 0.15) is 129 Å². The van der Waals surface area contributed by atoms with Crippen molar-refractivity contribution < 1.29 is 27.9 Å². The molecule has 0 spiro atoms. The summed E-state index contributed by atoms with van der Waals surface area (Å²) in [4.78, 5) is 0. The summed E-state index contributed by atoms with van der Waals surface area (Å²) in [5.41, 5.74) is -0.256. The summed E-state index contributed by atoms with van der Waals surface area (Å²) in [6.45, 7) is 12.5. The van der Waals surface area contributed by atoms with Gasteiger partial charge in [0.05, 0.1) is 100 Å². The minimum Gasteiger partial charge on any atom is -0.381 e. The van der Waals surface area contributed by atoms with Gasteiger partial charge in [-0.25, -0.2) is 0 Å². The van der Waals surface area contributed by atoms with Gasteiger partial charge in [0.15, 0.2) is 0 Å². The Morgan fingerprint density at radius 2 is 0.605 bits per heavy atom. The molecule has 0 fully saturated rings. The van der Waals surface area contributed by atoms with E-state index in [4.69, 9.17) is 18.9 Å². The SMILES string of the molecule is CCCCCCCCCCOCC(COCCCCCCCCCC)(COCCC[N+](C)(C)C)COCCC[N+](C)(C)C. The molecule has 0 atom stereocenters. The molecule has 0 aromatic rings. The van der Waals surface area contributed by atoms with Crippen LogP contribution < -0.4 is 0 Å². The first-order chi connectivity index (χ1) is 20.5. The van der Waals surface area contributed by atoms with Crippen LogP contribution >= 0.6 is 0 Å². The van der Waals surface area contributed by atoms with Gasteiger partial charge in [-0.2, -0.15) is 0 Å². The average molecular weight is 617 g/mol. The molecule has 0 saturated carbocycles. The van der Waals surface area contributed by atoms with Gasteiger partial charge in [-0.1, -0.05) is 104 Å². The molecule has 0 aliphatic carbocycles. The van der Waals surface area contributed by atoms with Gasteiger partial charge in [0, 0.05) is 26.1 Å². The van der Waals surface area contributed by atoms with Crippen molar-refractivity contribution in [3.05, 3.63) is 0 Å². The van der Waals surface area contributed by atoms with E-state index in [0.717, 1.165) is 74.2 Å². The lowest BCUT2D eigenvalue weighted by Crippen LogP contribution is -2.42. The standard InChI is InChI=1S/C37H80N2O4/c1-9-11-13-15-17-19-21-23-29-40-33-37(35-42-31-25-27-38(3,4)5,36-43-32-26-28-39(6,7)8)34-41-30-24-22-20-18-16-14-12-10-2/h9-36H2,1-8H3/q+2. The monoisotopic (exact) mass is 617 g/mol. The van der Waals surface area contributed by atoms with Crippen LogP contribution in [0.4, 0.5) is 0 Å². The van der Waals surface area contributed by atoms with Crippen LogP contribution in [-0.4, -0.2) is 117 Å². The van der Waals surface area contributed by atoms with E-state index in [-0.39, 0.29) is 5.41 Å². The molecule has 0 aromatic carbocycles. The van der Waals surface area contributed by atoms with Crippen LogP contribution in [0.15, 0.2) is 0 Å². The highest BCUT2D eigenvalue weighted by Crippen LogP contribution is 2.22. The fourth-order valence-electron chi connectivity index (χ4n) is 5.36. The molecule has 0 saturated heterocycles. The average Bonchev–Trinajstić information content (AvgIpc) is 2.93. The van der Waals surface area contributed by atoms with E-state index in [1.165, 1.54) is 89.9 Å². The predicted molar refractivity (Wildman–Crippen MR) is 186 cm³/mol. The number of hydrogen-bond donors (Lipinski definition) is 0. The molecule has 0 aliphatic heterocycles. The van der Waals surface area contributed by atoms with Crippen molar-refractivity contribution in [2.45, 2.75) is 129 Å². The van der Waals surface area contributed by atoms with Gasteiger partial charge in [-0.15, -0.1) is 0 Å². The Hall–Kier alpha value is -0.240. The quantitative estimate of drug-likeness (QED) is 0.0537.